The molecule has 1 aliphatic rings. The summed E-state index contributed by atoms with van der Waals surface area (Å²) in [4.78, 5) is 48.5. The summed E-state index contributed by atoms with van der Waals surface area (Å²) in [5.41, 5.74) is 6.66. The second-order valence-corrected chi connectivity index (χ2v) is 9.65. The van der Waals surface area contributed by atoms with Gasteiger partial charge in [0.1, 0.15) is 23.7 Å². The van der Waals surface area contributed by atoms with Crippen molar-refractivity contribution in [3.05, 3.63) is 35.4 Å². The van der Waals surface area contributed by atoms with Gasteiger partial charge in [0.2, 0.25) is 0 Å². The number of hydrogen-bond acceptors (Lipinski definition) is 8. The van der Waals surface area contributed by atoms with Gasteiger partial charge in [0.05, 0.1) is 12.1 Å². The normalized spacial score (nSPS) is 20.5. The number of fused-ring (bicyclic) bond motifs is 1. The lowest BCUT2D eigenvalue weighted by Crippen LogP contribution is -2.53. The molecule has 0 saturated carbocycles. The van der Waals surface area contributed by atoms with Gasteiger partial charge >= 0.3 is 17.9 Å². The molecule has 0 bridgehead atoms. The van der Waals surface area contributed by atoms with Crippen molar-refractivity contribution >= 4 is 23.7 Å². The van der Waals surface area contributed by atoms with Crippen LogP contribution in [0.4, 0.5) is 0 Å². The summed E-state index contributed by atoms with van der Waals surface area (Å²) < 4.78 is 5.23. The van der Waals surface area contributed by atoms with Crippen LogP contribution in [-0.2, 0) is 30.3 Å². The van der Waals surface area contributed by atoms with E-state index in [4.69, 9.17) is 10.5 Å². The summed E-state index contributed by atoms with van der Waals surface area (Å²) in [5.74, 6) is -3.09. The number of nitrogens with one attached hydrogen (secondary N) is 2. The Kier molecular flexibility index (Phi) is 9.31. The quantitative estimate of drug-likeness (QED) is 0.292. The van der Waals surface area contributed by atoms with E-state index in [-0.39, 0.29) is 25.0 Å². The lowest BCUT2D eigenvalue weighted by molar-refractivity contribution is -0.156. The topological polar surface area (TPSA) is 168 Å². The molecule has 0 saturated heterocycles. The Bertz CT molecular complexity index is 912. The molecule has 0 radical (unpaired) electrons. The number of Topliss-reactive ketones (excluding diaryl/α,β-unsaturated/α-hetero) is 1. The zero-order valence-electron chi connectivity index (χ0n) is 20.0. The molecule has 10 heteroatoms. The predicted octanol–water partition coefficient (Wildman–Crippen LogP) is 1.17. The number of carbonyl (C=O) groups is 4. The molecule has 0 aliphatic carbocycles. The van der Waals surface area contributed by atoms with Crippen LogP contribution in [0.15, 0.2) is 24.3 Å². The minimum atomic E-state index is -1.13. The summed E-state index contributed by atoms with van der Waals surface area (Å²) in [6, 6.07) is 2.55. The Hall–Kier alpha value is -2.82. The van der Waals surface area contributed by atoms with Gasteiger partial charge < -0.3 is 20.7 Å². The van der Waals surface area contributed by atoms with E-state index >= 15 is 0 Å². The molecule has 2 rings (SSSR count). The van der Waals surface area contributed by atoms with Crippen molar-refractivity contribution < 1.29 is 34.1 Å². The number of rotatable bonds is 11. The van der Waals surface area contributed by atoms with Gasteiger partial charge in [-0.25, -0.2) is 0 Å². The van der Waals surface area contributed by atoms with E-state index in [1.807, 2.05) is 0 Å². The molecule has 188 valence electrons. The number of carboxylic acid groups (broad SMARTS) is 2. The highest BCUT2D eigenvalue weighted by atomic mass is 16.6. The monoisotopic (exact) mass is 477 g/mol. The molecule has 1 aromatic rings. The molecule has 4 unspecified atom stereocenters. The molecular weight excluding hydrogens is 442 g/mol. The van der Waals surface area contributed by atoms with Gasteiger partial charge in [0.25, 0.3) is 0 Å². The minimum absolute atomic E-state index is 0.149. The molecule has 10 nitrogen and oxygen atoms in total. The van der Waals surface area contributed by atoms with Crippen molar-refractivity contribution in [3.8, 4) is 0 Å². The molecule has 6 N–H and O–H groups in total. The lowest BCUT2D eigenvalue weighted by Gasteiger charge is -2.32. The maximum atomic E-state index is 13.2. The van der Waals surface area contributed by atoms with Crippen molar-refractivity contribution in [3.63, 3.8) is 0 Å². The molecular formula is C24H35N3O7. The number of ether oxygens (including phenoxy) is 1. The number of ketones is 1. The summed E-state index contributed by atoms with van der Waals surface area (Å²) in [6.07, 6.45) is 0.972. The van der Waals surface area contributed by atoms with Crippen LogP contribution in [-0.4, -0.2) is 63.7 Å². The average Bonchev–Trinajstić information content (AvgIpc) is 2.75. The molecule has 1 aliphatic heterocycles. The number of aliphatic carboxylic acids is 2. The first-order chi connectivity index (χ1) is 15.8. The van der Waals surface area contributed by atoms with Gasteiger partial charge in [-0.2, -0.15) is 0 Å². The van der Waals surface area contributed by atoms with Crippen LogP contribution in [0.5, 0.6) is 0 Å². The highest BCUT2D eigenvalue weighted by Gasteiger charge is 2.36. The van der Waals surface area contributed by atoms with Gasteiger partial charge in [0, 0.05) is 0 Å². The van der Waals surface area contributed by atoms with Crippen molar-refractivity contribution in [1.29, 1.82) is 0 Å². The third-order valence-electron chi connectivity index (χ3n) is 5.63. The van der Waals surface area contributed by atoms with Crippen molar-refractivity contribution in [1.82, 2.24) is 10.6 Å². The van der Waals surface area contributed by atoms with E-state index in [0.717, 1.165) is 5.56 Å². The first kappa shape index (κ1) is 27.4. The number of carboxylic acids is 2. The predicted molar refractivity (Wildman–Crippen MR) is 124 cm³/mol. The highest BCUT2D eigenvalue weighted by molar-refractivity contribution is 5.92. The number of hydrogen-bond donors (Lipinski definition) is 5. The largest absolute Gasteiger partial charge is 0.480 e. The molecule has 5 atom stereocenters. The Morgan fingerprint density at radius 2 is 1.82 bits per heavy atom. The molecule has 0 aromatic heterocycles. The average molecular weight is 478 g/mol. The van der Waals surface area contributed by atoms with E-state index in [2.05, 4.69) is 10.6 Å². The van der Waals surface area contributed by atoms with Gasteiger partial charge in [-0.3, -0.25) is 29.8 Å². The van der Waals surface area contributed by atoms with E-state index < -0.39 is 53.7 Å². The summed E-state index contributed by atoms with van der Waals surface area (Å²) in [7, 11) is 0. The maximum Gasteiger partial charge on any atom is 0.323 e. The van der Waals surface area contributed by atoms with Crippen LogP contribution in [0.1, 0.15) is 64.1 Å². The Balaban J connectivity index is 2.00. The third-order valence-corrected chi connectivity index (χ3v) is 5.63. The fraction of sp³-hybridized carbons (Fsp3) is 0.583. The van der Waals surface area contributed by atoms with Gasteiger partial charge in [-0.1, -0.05) is 24.3 Å². The SMILES string of the molecule is C[C@H](NC(CCCC(N)C(=O)OC(C)(C)C)C(=O)O)C(=O)C1NC(C(=O)O)Cc2ccccc21. The summed E-state index contributed by atoms with van der Waals surface area (Å²) >= 11 is 0. The van der Waals surface area contributed by atoms with E-state index in [1.165, 1.54) is 0 Å². The smallest absolute Gasteiger partial charge is 0.323 e. The van der Waals surface area contributed by atoms with Crippen LogP contribution in [0.25, 0.3) is 0 Å². The Morgan fingerprint density at radius 1 is 1.18 bits per heavy atom. The summed E-state index contributed by atoms with van der Waals surface area (Å²) in [5, 5.41) is 24.8. The molecule has 0 fully saturated rings. The van der Waals surface area contributed by atoms with E-state index in [9.17, 15) is 29.4 Å². The number of carbonyl (C=O) groups excluding carboxylic acids is 2. The van der Waals surface area contributed by atoms with Crippen LogP contribution in [0.3, 0.4) is 0 Å². The van der Waals surface area contributed by atoms with E-state index in [0.29, 0.717) is 12.0 Å². The lowest BCUT2D eigenvalue weighted by atomic mass is 9.86. The van der Waals surface area contributed by atoms with Gasteiger partial charge in [0.15, 0.2) is 5.78 Å². The van der Waals surface area contributed by atoms with Gasteiger partial charge in [-0.15, -0.1) is 0 Å². The minimum Gasteiger partial charge on any atom is -0.480 e. The zero-order valence-corrected chi connectivity index (χ0v) is 20.0. The fourth-order valence-corrected chi connectivity index (χ4v) is 3.91. The second-order valence-electron chi connectivity index (χ2n) is 9.65. The van der Waals surface area contributed by atoms with Crippen LogP contribution >= 0.6 is 0 Å². The Labute approximate surface area is 199 Å². The van der Waals surface area contributed by atoms with E-state index in [1.54, 1.807) is 52.0 Å². The first-order valence-corrected chi connectivity index (χ1v) is 11.4. The molecule has 0 spiro atoms. The first-order valence-electron chi connectivity index (χ1n) is 11.4. The third kappa shape index (κ3) is 7.61. The Morgan fingerprint density at radius 3 is 2.41 bits per heavy atom. The van der Waals surface area contributed by atoms with Crippen LogP contribution in [0.2, 0.25) is 0 Å². The van der Waals surface area contributed by atoms with Crippen LogP contribution < -0.4 is 16.4 Å². The molecule has 34 heavy (non-hydrogen) atoms. The summed E-state index contributed by atoms with van der Waals surface area (Å²) in [6.45, 7) is 6.76. The zero-order chi connectivity index (χ0) is 25.6. The molecule has 1 heterocycles. The highest BCUT2D eigenvalue weighted by Crippen LogP contribution is 2.27. The fourth-order valence-electron chi connectivity index (χ4n) is 3.91. The number of benzene rings is 1. The number of nitrogens with two attached hydrogens (primary N) is 1. The molecule has 0 amide bonds. The second kappa shape index (κ2) is 11.5. The molecule has 1 aromatic carbocycles. The standard InChI is InChI=1S/C24H35N3O7/c1-13(20(28)19-15-9-6-5-8-14(15)12-18(27-19)22(31)32)26-17(21(29)30)11-7-10-16(25)23(33)34-24(2,3)4/h5-6,8-9,13,16-19,26-27H,7,10-12,25H2,1-4H3,(H,29,30)(H,31,32)/t13-,16?,17?,18?,19?/m0/s1. The number of esters is 1. The maximum absolute atomic E-state index is 13.2. The van der Waals surface area contributed by atoms with Crippen molar-refractivity contribution in [2.45, 2.75) is 89.2 Å². The van der Waals surface area contributed by atoms with Crippen molar-refractivity contribution in [2.24, 2.45) is 5.73 Å². The van der Waals surface area contributed by atoms with Gasteiger partial charge in [-0.05, 0) is 64.5 Å². The van der Waals surface area contributed by atoms with Crippen LogP contribution in [0, 0.1) is 0 Å². The van der Waals surface area contributed by atoms with Crippen molar-refractivity contribution in [2.75, 3.05) is 0 Å².